The fourth-order valence-corrected chi connectivity index (χ4v) is 13.7. The Labute approximate surface area is 402 Å². The summed E-state index contributed by atoms with van der Waals surface area (Å²) in [5.41, 5.74) is 2.71. The molecule has 376 valence electrons. The van der Waals surface area contributed by atoms with Gasteiger partial charge in [-0.1, -0.05) is 135 Å². The molecule has 6 nitrogen and oxygen atoms in total. The standard InChI is InChI=1S/C59H105NO5/c1-8-9-10-11-12-13-14-15-16-17-18-19-20-21-22-23-39-63-47-53(46-60-38-35-52(45-60)61-7)65-43-26-41-62-40-25-42-64-51-33-36-58(5)50(44-51)29-30-54-56-32-31-55(49(4)28-24-27-48(2)3)59(56,6)37-34-57(54)58/h12-13,15-16,29,48-49,51-57H,8-11,14,17-28,30-47H2,1-7H3/b13-12-,16-15-/t49-,51+,52?,53?,54+,55-,56+,57+,58+,59-/m1/s1. The molecule has 10 atom stereocenters. The second-order valence-corrected chi connectivity index (χ2v) is 22.9. The molecule has 4 fully saturated rings. The zero-order valence-corrected chi connectivity index (χ0v) is 43.8. The maximum Gasteiger partial charge on any atom is 0.0934 e. The van der Waals surface area contributed by atoms with Crippen LogP contribution in [0.3, 0.4) is 0 Å². The molecule has 0 radical (unpaired) electrons. The lowest BCUT2D eigenvalue weighted by Crippen LogP contribution is -2.51. The minimum atomic E-state index is 0.0950. The molecule has 65 heavy (non-hydrogen) atoms. The summed E-state index contributed by atoms with van der Waals surface area (Å²) in [6, 6.07) is 0. The Hall–Kier alpha value is -1.02. The first kappa shape index (κ1) is 54.9. The highest BCUT2D eigenvalue weighted by atomic mass is 16.5. The molecule has 0 amide bonds. The Balaban J connectivity index is 0.893. The van der Waals surface area contributed by atoms with Gasteiger partial charge < -0.3 is 23.7 Å². The number of fused-ring (bicyclic) bond motifs is 5. The Morgan fingerprint density at radius 1 is 0.708 bits per heavy atom. The first-order chi connectivity index (χ1) is 31.7. The Morgan fingerprint density at radius 3 is 2.20 bits per heavy atom. The van der Waals surface area contributed by atoms with Crippen LogP contribution in [-0.4, -0.2) is 89.6 Å². The van der Waals surface area contributed by atoms with Gasteiger partial charge in [-0.25, -0.2) is 0 Å². The summed E-state index contributed by atoms with van der Waals surface area (Å²) in [6.07, 6.45) is 46.3. The number of hydrogen-bond acceptors (Lipinski definition) is 6. The van der Waals surface area contributed by atoms with Crippen LogP contribution in [0.4, 0.5) is 0 Å². The summed E-state index contributed by atoms with van der Waals surface area (Å²) in [7, 11) is 1.83. The van der Waals surface area contributed by atoms with Crippen LogP contribution < -0.4 is 0 Å². The molecule has 0 aromatic rings. The van der Waals surface area contributed by atoms with Crippen LogP contribution in [0.5, 0.6) is 0 Å². The van der Waals surface area contributed by atoms with Crippen molar-refractivity contribution in [2.24, 2.45) is 46.3 Å². The van der Waals surface area contributed by atoms with E-state index in [0.717, 1.165) is 120 Å². The van der Waals surface area contributed by atoms with Crippen molar-refractivity contribution < 1.29 is 23.7 Å². The van der Waals surface area contributed by atoms with Gasteiger partial charge in [-0.2, -0.15) is 0 Å². The maximum atomic E-state index is 6.56. The van der Waals surface area contributed by atoms with Gasteiger partial charge >= 0.3 is 0 Å². The molecule has 0 bridgehead atoms. The summed E-state index contributed by atoms with van der Waals surface area (Å²) < 4.78 is 30.9. The van der Waals surface area contributed by atoms with Crippen molar-refractivity contribution in [2.75, 3.05) is 66.4 Å². The highest BCUT2D eigenvalue weighted by Gasteiger charge is 2.59. The molecule has 6 heteroatoms. The monoisotopic (exact) mass is 908 g/mol. The number of hydrogen-bond donors (Lipinski definition) is 0. The second-order valence-electron chi connectivity index (χ2n) is 22.9. The summed E-state index contributed by atoms with van der Waals surface area (Å²) in [5, 5.41) is 0. The third-order valence-electron chi connectivity index (χ3n) is 17.7. The minimum Gasteiger partial charge on any atom is -0.381 e. The van der Waals surface area contributed by atoms with E-state index in [1.54, 1.807) is 5.57 Å². The van der Waals surface area contributed by atoms with Gasteiger partial charge in [0.15, 0.2) is 0 Å². The average Bonchev–Trinajstić information content (AvgIpc) is 3.91. The van der Waals surface area contributed by atoms with E-state index in [9.17, 15) is 0 Å². The SMILES string of the molecule is CCCCC/C=C\C/C=C\CCCCCCCCOCC(CN1CCC(OC)C1)OCCCOCCCO[C@H]1CC[C@@]2(C)C(=CC[C@H]3[C@@H]4CC[C@H]([C@H](C)CCCC(C)C)[C@@]4(C)CC[C@@H]32)C1. The molecule has 0 spiro atoms. The van der Waals surface area contributed by atoms with Crippen molar-refractivity contribution in [3.63, 3.8) is 0 Å². The third-order valence-corrected chi connectivity index (χ3v) is 17.7. The van der Waals surface area contributed by atoms with Crippen LogP contribution >= 0.6 is 0 Å². The van der Waals surface area contributed by atoms with Crippen LogP contribution in [0, 0.1) is 46.3 Å². The minimum absolute atomic E-state index is 0.0950. The molecule has 0 aromatic carbocycles. The molecule has 3 saturated carbocycles. The van der Waals surface area contributed by atoms with Gasteiger partial charge in [-0.3, -0.25) is 4.90 Å². The molecule has 4 aliphatic carbocycles. The molecule has 1 heterocycles. The van der Waals surface area contributed by atoms with Gasteiger partial charge in [0.25, 0.3) is 0 Å². The Bertz CT molecular complexity index is 1350. The highest BCUT2D eigenvalue weighted by Crippen LogP contribution is 2.67. The molecule has 5 rings (SSSR count). The quantitative estimate of drug-likeness (QED) is 0.0466. The molecule has 1 aliphatic heterocycles. The number of methoxy groups -OCH3 is 1. The fraction of sp³-hybridized carbons (Fsp3) is 0.898. The van der Waals surface area contributed by atoms with Crippen molar-refractivity contribution in [3.8, 4) is 0 Å². The topological polar surface area (TPSA) is 49.4 Å². The molecule has 5 aliphatic rings. The van der Waals surface area contributed by atoms with Gasteiger partial charge in [0, 0.05) is 59.8 Å². The number of nitrogens with zero attached hydrogens (tertiary/aromatic N) is 1. The van der Waals surface area contributed by atoms with E-state index >= 15 is 0 Å². The summed E-state index contributed by atoms with van der Waals surface area (Å²) in [5.74, 6) is 5.38. The van der Waals surface area contributed by atoms with E-state index in [4.69, 9.17) is 23.7 Å². The highest BCUT2D eigenvalue weighted by molar-refractivity contribution is 5.25. The van der Waals surface area contributed by atoms with E-state index in [1.165, 1.54) is 128 Å². The van der Waals surface area contributed by atoms with Gasteiger partial charge in [-0.15, -0.1) is 0 Å². The lowest BCUT2D eigenvalue weighted by Gasteiger charge is -2.58. The summed E-state index contributed by atoms with van der Waals surface area (Å²) in [6.45, 7) is 22.6. The van der Waals surface area contributed by atoms with E-state index in [1.807, 2.05) is 7.11 Å². The zero-order valence-electron chi connectivity index (χ0n) is 43.8. The predicted molar refractivity (Wildman–Crippen MR) is 275 cm³/mol. The molecule has 1 saturated heterocycles. The van der Waals surface area contributed by atoms with Crippen LogP contribution in [0.1, 0.15) is 208 Å². The van der Waals surface area contributed by atoms with Crippen molar-refractivity contribution in [1.29, 1.82) is 0 Å². The summed E-state index contributed by atoms with van der Waals surface area (Å²) >= 11 is 0. The van der Waals surface area contributed by atoms with E-state index in [-0.39, 0.29) is 6.10 Å². The first-order valence-corrected chi connectivity index (χ1v) is 28.3. The van der Waals surface area contributed by atoms with Crippen molar-refractivity contribution in [3.05, 3.63) is 36.0 Å². The second kappa shape index (κ2) is 30.6. The Kier molecular flexibility index (Phi) is 25.8. The Morgan fingerprint density at radius 2 is 1.45 bits per heavy atom. The number of likely N-dealkylation sites (tertiary alicyclic amines) is 1. The van der Waals surface area contributed by atoms with E-state index in [2.05, 4.69) is 76.8 Å². The lowest BCUT2D eigenvalue weighted by molar-refractivity contribution is -0.0651. The van der Waals surface area contributed by atoms with Crippen molar-refractivity contribution in [1.82, 2.24) is 4.90 Å². The molecular formula is C59H105NO5. The number of allylic oxidation sites excluding steroid dienone is 5. The van der Waals surface area contributed by atoms with Crippen LogP contribution in [-0.2, 0) is 23.7 Å². The third kappa shape index (κ3) is 18.0. The van der Waals surface area contributed by atoms with Gasteiger partial charge in [0.1, 0.15) is 0 Å². The number of ether oxygens (including phenoxy) is 5. The normalized spacial score (nSPS) is 30.3. The molecule has 0 N–H and O–H groups in total. The summed E-state index contributed by atoms with van der Waals surface area (Å²) in [4.78, 5) is 2.49. The molecular weight excluding hydrogens is 803 g/mol. The smallest absolute Gasteiger partial charge is 0.0934 e. The van der Waals surface area contributed by atoms with E-state index < -0.39 is 0 Å². The predicted octanol–water partition coefficient (Wildman–Crippen LogP) is 15.1. The van der Waals surface area contributed by atoms with Crippen molar-refractivity contribution >= 4 is 0 Å². The van der Waals surface area contributed by atoms with Gasteiger partial charge in [0.2, 0.25) is 0 Å². The van der Waals surface area contributed by atoms with Crippen molar-refractivity contribution in [2.45, 2.75) is 227 Å². The van der Waals surface area contributed by atoms with Crippen LogP contribution in [0.15, 0.2) is 36.0 Å². The van der Waals surface area contributed by atoms with Crippen LogP contribution in [0.25, 0.3) is 0 Å². The average molecular weight is 908 g/mol. The molecule has 0 aromatic heterocycles. The van der Waals surface area contributed by atoms with Gasteiger partial charge in [-0.05, 0) is 155 Å². The number of unbranched alkanes of at least 4 members (excludes halogenated alkanes) is 9. The maximum absolute atomic E-state index is 6.56. The largest absolute Gasteiger partial charge is 0.381 e. The fourth-order valence-electron chi connectivity index (χ4n) is 13.7. The van der Waals surface area contributed by atoms with E-state index in [0.29, 0.717) is 36.3 Å². The molecule has 2 unspecified atom stereocenters. The lowest BCUT2D eigenvalue weighted by atomic mass is 9.47. The van der Waals surface area contributed by atoms with Gasteiger partial charge in [0.05, 0.1) is 24.9 Å². The van der Waals surface area contributed by atoms with Crippen LogP contribution in [0.2, 0.25) is 0 Å². The first-order valence-electron chi connectivity index (χ1n) is 28.3. The number of rotatable bonds is 35. The zero-order chi connectivity index (χ0) is 46.2.